The minimum absolute atomic E-state index is 0.0627. The van der Waals surface area contributed by atoms with Crippen molar-refractivity contribution < 1.29 is 18.8 Å². The molecule has 1 aromatic carbocycles. The fourth-order valence-electron chi connectivity index (χ4n) is 3.03. The molecule has 2 aromatic heterocycles. The molecule has 3 heterocycles. The van der Waals surface area contributed by atoms with Crippen LogP contribution in [0.2, 0.25) is 0 Å². The maximum Gasteiger partial charge on any atom is 0.139 e. The standard InChI is InChI=1S/C18H20N2O4/c21-6-5-15-8-14(20-24-15)9-18(11-22-12-18)19-10-16-7-13-3-1-2-4-17(13)23-16/h1-4,7-8,19,21H,5-6,9-12H2. The van der Waals surface area contributed by atoms with Gasteiger partial charge in [0.15, 0.2) is 0 Å². The molecule has 0 unspecified atom stereocenters. The Kier molecular flexibility index (Phi) is 4.10. The molecule has 1 aliphatic heterocycles. The van der Waals surface area contributed by atoms with Crippen LogP contribution in [0.3, 0.4) is 0 Å². The number of rotatable bonds is 7. The summed E-state index contributed by atoms with van der Waals surface area (Å²) >= 11 is 0. The number of hydrogen-bond acceptors (Lipinski definition) is 6. The van der Waals surface area contributed by atoms with Gasteiger partial charge in [-0.25, -0.2) is 0 Å². The SMILES string of the molecule is OCCc1cc(CC2(NCc3cc4ccccc4o3)COC2)no1. The van der Waals surface area contributed by atoms with Crippen molar-refractivity contribution in [1.29, 1.82) is 0 Å². The molecular formula is C18H20N2O4. The van der Waals surface area contributed by atoms with Crippen LogP contribution in [0.4, 0.5) is 0 Å². The van der Waals surface area contributed by atoms with E-state index in [9.17, 15) is 0 Å². The number of furan rings is 1. The highest BCUT2D eigenvalue weighted by atomic mass is 16.5. The van der Waals surface area contributed by atoms with E-state index in [4.69, 9.17) is 18.8 Å². The van der Waals surface area contributed by atoms with E-state index in [1.807, 2.05) is 30.3 Å². The minimum Gasteiger partial charge on any atom is -0.460 e. The molecule has 0 atom stereocenters. The van der Waals surface area contributed by atoms with Gasteiger partial charge >= 0.3 is 0 Å². The zero-order chi connectivity index (χ0) is 16.4. The van der Waals surface area contributed by atoms with Gasteiger partial charge in [0, 0.05) is 24.3 Å². The van der Waals surface area contributed by atoms with E-state index in [0.717, 1.165) is 28.8 Å². The van der Waals surface area contributed by atoms with Crippen molar-refractivity contribution in [3.8, 4) is 0 Å². The summed E-state index contributed by atoms with van der Waals surface area (Å²) in [6.07, 6.45) is 1.21. The normalized spacial score (nSPS) is 16.4. The molecule has 126 valence electrons. The zero-order valence-corrected chi connectivity index (χ0v) is 13.3. The zero-order valence-electron chi connectivity index (χ0n) is 13.3. The molecule has 0 amide bonds. The van der Waals surface area contributed by atoms with Crippen LogP contribution in [-0.2, 0) is 24.1 Å². The maximum absolute atomic E-state index is 8.96. The first-order valence-electron chi connectivity index (χ1n) is 8.12. The van der Waals surface area contributed by atoms with Crippen LogP contribution in [0.15, 0.2) is 45.3 Å². The Hall–Kier alpha value is -2.15. The summed E-state index contributed by atoms with van der Waals surface area (Å²) in [4.78, 5) is 0. The molecule has 1 saturated heterocycles. The van der Waals surface area contributed by atoms with Crippen LogP contribution in [0.1, 0.15) is 17.2 Å². The fourth-order valence-corrected chi connectivity index (χ4v) is 3.03. The summed E-state index contributed by atoms with van der Waals surface area (Å²) in [6.45, 7) is 1.97. The lowest BCUT2D eigenvalue weighted by Crippen LogP contribution is -2.61. The van der Waals surface area contributed by atoms with E-state index in [-0.39, 0.29) is 12.1 Å². The molecule has 1 aliphatic rings. The number of hydrogen-bond donors (Lipinski definition) is 2. The second-order valence-corrected chi connectivity index (χ2v) is 6.31. The number of aromatic nitrogens is 1. The monoisotopic (exact) mass is 328 g/mol. The summed E-state index contributed by atoms with van der Waals surface area (Å²) in [5, 5.41) is 17.7. The second-order valence-electron chi connectivity index (χ2n) is 6.31. The molecule has 0 spiro atoms. The lowest BCUT2D eigenvalue weighted by atomic mass is 9.91. The Bertz CT molecular complexity index is 786. The van der Waals surface area contributed by atoms with Gasteiger partial charge in [-0.2, -0.15) is 0 Å². The van der Waals surface area contributed by atoms with Crippen molar-refractivity contribution >= 4 is 11.0 Å². The molecule has 0 aliphatic carbocycles. The molecular weight excluding hydrogens is 308 g/mol. The molecule has 6 heteroatoms. The van der Waals surface area contributed by atoms with Gasteiger partial charge in [-0.1, -0.05) is 23.4 Å². The highest BCUT2D eigenvalue weighted by molar-refractivity contribution is 5.77. The molecule has 2 N–H and O–H groups in total. The van der Waals surface area contributed by atoms with Crippen LogP contribution in [0.25, 0.3) is 11.0 Å². The Labute approximate surface area is 139 Å². The largest absolute Gasteiger partial charge is 0.460 e. The fraction of sp³-hybridized carbons (Fsp3) is 0.389. The highest BCUT2D eigenvalue weighted by Gasteiger charge is 2.39. The van der Waals surface area contributed by atoms with Gasteiger partial charge in [0.1, 0.15) is 17.1 Å². The van der Waals surface area contributed by atoms with Gasteiger partial charge in [0.05, 0.1) is 37.6 Å². The summed E-state index contributed by atoms with van der Waals surface area (Å²) < 4.78 is 16.5. The third kappa shape index (κ3) is 3.08. The van der Waals surface area contributed by atoms with Gasteiger partial charge in [0.2, 0.25) is 0 Å². The summed E-state index contributed by atoms with van der Waals surface area (Å²) in [5.41, 5.74) is 1.63. The number of benzene rings is 1. The average Bonchev–Trinajstić information content (AvgIpc) is 3.16. The van der Waals surface area contributed by atoms with Crippen LogP contribution < -0.4 is 5.32 Å². The van der Waals surface area contributed by atoms with Gasteiger partial charge in [0.25, 0.3) is 0 Å². The van der Waals surface area contributed by atoms with E-state index >= 15 is 0 Å². The van der Waals surface area contributed by atoms with Gasteiger partial charge in [-0.05, 0) is 12.1 Å². The maximum atomic E-state index is 8.96. The number of nitrogens with zero attached hydrogens (tertiary/aromatic N) is 1. The number of nitrogens with one attached hydrogen (secondary N) is 1. The van der Waals surface area contributed by atoms with Crippen LogP contribution >= 0.6 is 0 Å². The van der Waals surface area contributed by atoms with Crippen LogP contribution in [0, 0.1) is 0 Å². The van der Waals surface area contributed by atoms with E-state index in [2.05, 4.69) is 16.5 Å². The first kappa shape index (κ1) is 15.4. The Balaban J connectivity index is 1.42. The topological polar surface area (TPSA) is 80.7 Å². The lowest BCUT2D eigenvalue weighted by Gasteiger charge is -2.41. The van der Waals surface area contributed by atoms with E-state index in [0.29, 0.717) is 31.9 Å². The minimum atomic E-state index is -0.146. The smallest absolute Gasteiger partial charge is 0.139 e. The Morgan fingerprint density at radius 2 is 2.04 bits per heavy atom. The number of fused-ring (bicyclic) bond motifs is 1. The van der Waals surface area contributed by atoms with E-state index < -0.39 is 0 Å². The van der Waals surface area contributed by atoms with E-state index in [1.54, 1.807) is 0 Å². The third-order valence-electron chi connectivity index (χ3n) is 4.36. The molecule has 3 aromatic rings. The molecule has 0 saturated carbocycles. The van der Waals surface area contributed by atoms with Crippen molar-refractivity contribution in [2.45, 2.75) is 24.9 Å². The number of aliphatic hydroxyl groups is 1. The first-order chi connectivity index (χ1) is 11.8. The highest BCUT2D eigenvalue weighted by Crippen LogP contribution is 2.25. The van der Waals surface area contributed by atoms with Crippen molar-refractivity contribution in [3.05, 3.63) is 53.6 Å². The third-order valence-corrected chi connectivity index (χ3v) is 4.36. The molecule has 6 nitrogen and oxygen atoms in total. The molecule has 1 fully saturated rings. The predicted molar refractivity (Wildman–Crippen MR) is 87.6 cm³/mol. The number of para-hydroxylation sites is 1. The summed E-state index contributed by atoms with van der Waals surface area (Å²) in [7, 11) is 0. The van der Waals surface area contributed by atoms with E-state index in [1.165, 1.54) is 0 Å². The number of ether oxygens (including phenoxy) is 1. The summed E-state index contributed by atoms with van der Waals surface area (Å²) in [6, 6.07) is 12.0. The summed E-state index contributed by atoms with van der Waals surface area (Å²) in [5.74, 6) is 1.61. The molecule has 0 bridgehead atoms. The van der Waals surface area contributed by atoms with Crippen LogP contribution in [-0.4, -0.2) is 35.6 Å². The van der Waals surface area contributed by atoms with Gasteiger partial charge in [-0.3, -0.25) is 5.32 Å². The lowest BCUT2D eigenvalue weighted by molar-refractivity contribution is -0.0761. The molecule has 4 rings (SSSR count). The molecule has 0 radical (unpaired) electrons. The van der Waals surface area contributed by atoms with Gasteiger partial charge < -0.3 is 18.8 Å². The average molecular weight is 328 g/mol. The van der Waals surface area contributed by atoms with Crippen molar-refractivity contribution in [3.63, 3.8) is 0 Å². The predicted octanol–water partition coefficient (Wildman–Crippen LogP) is 2.06. The second kappa shape index (κ2) is 6.39. The quantitative estimate of drug-likeness (QED) is 0.691. The first-order valence-corrected chi connectivity index (χ1v) is 8.12. The van der Waals surface area contributed by atoms with Crippen molar-refractivity contribution in [2.24, 2.45) is 0 Å². The Morgan fingerprint density at radius 3 is 2.79 bits per heavy atom. The van der Waals surface area contributed by atoms with Gasteiger partial charge in [-0.15, -0.1) is 0 Å². The molecule has 24 heavy (non-hydrogen) atoms. The van der Waals surface area contributed by atoms with Crippen LogP contribution in [0.5, 0.6) is 0 Å². The number of aliphatic hydroxyl groups excluding tert-OH is 1. The van der Waals surface area contributed by atoms with Crippen molar-refractivity contribution in [2.75, 3.05) is 19.8 Å². The van der Waals surface area contributed by atoms with Crippen molar-refractivity contribution in [1.82, 2.24) is 10.5 Å². The Morgan fingerprint density at radius 1 is 1.17 bits per heavy atom.